The van der Waals surface area contributed by atoms with E-state index in [1.54, 1.807) is 30.3 Å². The average molecular weight is 320 g/mol. The van der Waals surface area contributed by atoms with Crippen LogP contribution >= 0.6 is 0 Å². The molecular formula is C19H16N2O3. The summed E-state index contributed by atoms with van der Waals surface area (Å²) in [5, 5.41) is 3.89. The number of amides is 1. The maximum absolute atomic E-state index is 12.1. The van der Waals surface area contributed by atoms with E-state index in [1.165, 1.54) is 6.21 Å². The van der Waals surface area contributed by atoms with Crippen LogP contribution < -0.4 is 10.2 Å². The number of para-hydroxylation sites is 1. The summed E-state index contributed by atoms with van der Waals surface area (Å²) in [5.41, 5.74) is 2.92. The topological polar surface area (TPSA) is 63.8 Å². The molecule has 0 atom stereocenters. The minimum atomic E-state index is -0.326. The number of furan rings is 1. The van der Waals surface area contributed by atoms with Gasteiger partial charge >= 0.3 is 0 Å². The Labute approximate surface area is 139 Å². The number of hydrogen-bond donors (Lipinski definition) is 1. The number of ether oxygens (including phenoxy) is 1. The molecule has 120 valence electrons. The van der Waals surface area contributed by atoms with Crippen LogP contribution in [0.4, 0.5) is 0 Å². The quantitative estimate of drug-likeness (QED) is 0.567. The summed E-state index contributed by atoms with van der Waals surface area (Å²) in [6, 6.07) is 19.9. The Bertz CT molecular complexity index is 854. The number of carbonyl (C=O) groups is 1. The summed E-state index contributed by atoms with van der Waals surface area (Å²) in [7, 11) is 0. The van der Waals surface area contributed by atoms with Crippen LogP contribution in [0, 0.1) is 6.92 Å². The van der Waals surface area contributed by atoms with E-state index in [0.29, 0.717) is 22.8 Å². The Morgan fingerprint density at radius 3 is 2.58 bits per heavy atom. The smallest absolute Gasteiger partial charge is 0.271 e. The highest BCUT2D eigenvalue weighted by Crippen LogP contribution is 2.21. The van der Waals surface area contributed by atoms with Crippen molar-refractivity contribution in [1.82, 2.24) is 5.43 Å². The van der Waals surface area contributed by atoms with Crippen molar-refractivity contribution in [3.63, 3.8) is 0 Å². The number of benzene rings is 2. The van der Waals surface area contributed by atoms with Gasteiger partial charge in [-0.15, -0.1) is 0 Å². The molecule has 5 nitrogen and oxygen atoms in total. The molecule has 0 bridgehead atoms. The predicted octanol–water partition coefficient (Wildman–Crippen LogP) is 4.14. The molecule has 0 spiro atoms. The van der Waals surface area contributed by atoms with Crippen LogP contribution in [-0.4, -0.2) is 12.1 Å². The fraction of sp³-hybridized carbons (Fsp3) is 0.0526. The number of nitrogens with one attached hydrogen (secondary N) is 1. The number of rotatable bonds is 5. The summed E-state index contributed by atoms with van der Waals surface area (Å²) in [6.07, 6.45) is 1.45. The van der Waals surface area contributed by atoms with E-state index in [2.05, 4.69) is 10.5 Å². The molecule has 0 radical (unpaired) electrons. The van der Waals surface area contributed by atoms with Crippen LogP contribution in [0.15, 0.2) is 76.2 Å². The molecule has 24 heavy (non-hydrogen) atoms. The molecule has 3 aromatic rings. The second-order valence-corrected chi connectivity index (χ2v) is 5.09. The van der Waals surface area contributed by atoms with Crippen molar-refractivity contribution in [2.24, 2.45) is 5.10 Å². The monoisotopic (exact) mass is 320 g/mol. The van der Waals surface area contributed by atoms with Gasteiger partial charge in [0.2, 0.25) is 0 Å². The van der Waals surface area contributed by atoms with Crippen molar-refractivity contribution in [3.05, 3.63) is 83.8 Å². The van der Waals surface area contributed by atoms with Crippen LogP contribution in [0.25, 0.3) is 0 Å². The van der Waals surface area contributed by atoms with E-state index in [1.807, 2.05) is 43.3 Å². The first kappa shape index (κ1) is 15.6. The molecular weight excluding hydrogens is 304 g/mol. The third-order valence-electron chi connectivity index (χ3n) is 3.19. The Kier molecular flexibility index (Phi) is 4.72. The highest BCUT2D eigenvalue weighted by atomic mass is 16.5. The summed E-state index contributed by atoms with van der Waals surface area (Å²) < 4.78 is 11.0. The van der Waals surface area contributed by atoms with E-state index in [0.717, 1.165) is 5.76 Å². The predicted molar refractivity (Wildman–Crippen MR) is 91.5 cm³/mol. The molecule has 3 rings (SSSR count). The molecule has 0 saturated heterocycles. The largest absolute Gasteiger partial charge is 0.460 e. The molecule has 0 aliphatic rings. The van der Waals surface area contributed by atoms with Gasteiger partial charge in [0, 0.05) is 5.56 Å². The van der Waals surface area contributed by atoms with E-state index in [-0.39, 0.29) is 5.91 Å². The van der Waals surface area contributed by atoms with Crippen LogP contribution in [0.3, 0.4) is 0 Å². The van der Waals surface area contributed by atoms with Gasteiger partial charge in [0.05, 0.1) is 6.21 Å². The van der Waals surface area contributed by atoms with Crippen molar-refractivity contribution in [2.75, 3.05) is 0 Å². The number of hydrazone groups is 1. The van der Waals surface area contributed by atoms with Gasteiger partial charge < -0.3 is 9.15 Å². The highest BCUT2D eigenvalue weighted by molar-refractivity contribution is 5.95. The lowest BCUT2D eigenvalue weighted by Crippen LogP contribution is -2.17. The maximum Gasteiger partial charge on any atom is 0.271 e. The van der Waals surface area contributed by atoms with E-state index < -0.39 is 0 Å². The summed E-state index contributed by atoms with van der Waals surface area (Å²) in [4.78, 5) is 12.1. The summed E-state index contributed by atoms with van der Waals surface area (Å²) >= 11 is 0. The van der Waals surface area contributed by atoms with Gasteiger partial charge in [-0.1, -0.05) is 24.3 Å². The van der Waals surface area contributed by atoms with Gasteiger partial charge in [0.15, 0.2) is 0 Å². The van der Waals surface area contributed by atoms with Crippen LogP contribution in [-0.2, 0) is 0 Å². The number of aryl methyl sites for hydroxylation is 1. The van der Waals surface area contributed by atoms with Crippen molar-refractivity contribution in [3.8, 4) is 11.5 Å². The standard InChI is InChI=1S/C19H16N2O3/c1-14-10-11-18(23-14)13-20-21-19(22)15-6-5-9-17(12-15)24-16-7-3-2-4-8-16/h2-13H,1H3,(H,21,22). The van der Waals surface area contributed by atoms with Gasteiger partial charge in [-0.2, -0.15) is 5.10 Å². The lowest BCUT2D eigenvalue weighted by molar-refractivity contribution is 0.0955. The van der Waals surface area contributed by atoms with Gasteiger partial charge in [-0.05, 0) is 49.4 Å². The van der Waals surface area contributed by atoms with Crippen LogP contribution in [0.2, 0.25) is 0 Å². The first-order valence-electron chi connectivity index (χ1n) is 7.43. The molecule has 1 heterocycles. The average Bonchev–Trinajstić information content (AvgIpc) is 3.01. The second-order valence-electron chi connectivity index (χ2n) is 5.09. The van der Waals surface area contributed by atoms with Gasteiger partial charge in [-0.25, -0.2) is 5.43 Å². The van der Waals surface area contributed by atoms with Gasteiger partial charge in [-0.3, -0.25) is 4.79 Å². The molecule has 0 aliphatic heterocycles. The summed E-state index contributed by atoms with van der Waals surface area (Å²) in [5.74, 6) is 2.33. The molecule has 0 saturated carbocycles. The van der Waals surface area contributed by atoms with Crippen LogP contribution in [0.1, 0.15) is 21.9 Å². The fourth-order valence-corrected chi connectivity index (χ4v) is 2.07. The normalized spacial score (nSPS) is 10.7. The molecule has 2 aromatic carbocycles. The Hall–Kier alpha value is -3.34. The Morgan fingerprint density at radius 1 is 1.04 bits per heavy atom. The molecule has 0 aliphatic carbocycles. The van der Waals surface area contributed by atoms with Crippen molar-refractivity contribution in [2.45, 2.75) is 6.92 Å². The van der Waals surface area contributed by atoms with Crippen molar-refractivity contribution >= 4 is 12.1 Å². The zero-order chi connectivity index (χ0) is 16.8. The Morgan fingerprint density at radius 2 is 1.83 bits per heavy atom. The number of carbonyl (C=O) groups excluding carboxylic acids is 1. The van der Waals surface area contributed by atoms with E-state index >= 15 is 0 Å². The zero-order valence-electron chi connectivity index (χ0n) is 13.1. The molecule has 1 N–H and O–H groups in total. The fourth-order valence-electron chi connectivity index (χ4n) is 2.07. The third-order valence-corrected chi connectivity index (χ3v) is 3.19. The van der Waals surface area contributed by atoms with E-state index in [4.69, 9.17) is 9.15 Å². The minimum Gasteiger partial charge on any atom is -0.460 e. The van der Waals surface area contributed by atoms with Crippen molar-refractivity contribution in [1.29, 1.82) is 0 Å². The van der Waals surface area contributed by atoms with E-state index in [9.17, 15) is 4.79 Å². The maximum atomic E-state index is 12.1. The summed E-state index contributed by atoms with van der Waals surface area (Å²) in [6.45, 7) is 1.84. The molecule has 0 unspecified atom stereocenters. The molecule has 0 fully saturated rings. The molecule has 5 heteroatoms. The second kappa shape index (κ2) is 7.28. The zero-order valence-corrected chi connectivity index (χ0v) is 13.1. The lowest BCUT2D eigenvalue weighted by Gasteiger charge is -2.06. The third kappa shape index (κ3) is 4.10. The van der Waals surface area contributed by atoms with Gasteiger partial charge in [0.25, 0.3) is 5.91 Å². The highest BCUT2D eigenvalue weighted by Gasteiger charge is 2.06. The lowest BCUT2D eigenvalue weighted by atomic mass is 10.2. The number of nitrogens with zero attached hydrogens (tertiary/aromatic N) is 1. The number of hydrogen-bond acceptors (Lipinski definition) is 4. The molecule has 1 aromatic heterocycles. The first-order chi connectivity index (χ1) is 11.7. The minimum absolute atomic E-state index is 0.326. The van der Waals surface area contributed by atoms with Crippen molar-refractivity contribution < 1.29 is 13.9 Å². The molecule has 1 amide bonds. The van der Waals surface area contributed by atoms with Gasteiger partial charge in [0.1, 0.15) is 23.0 Å². The first-order valence-corrected chi connectivity index (χ1v) is 7.43. The SMILES string of the molecule is Cc1ccc(C=NNC(=O)c2cccc(Oc3ccccc3)c2)o1. The van der Waals surface area contributed by atoms with Crippen LogP contribution in [0.5, 0.6) is 11.5 Å². The Balaban J connectivity index is 1.64.